The molecule has 1 aliphatic carbocycles. The van der Waals surface area contributed by atoms with Gasteiger partial charge in [-0.05, 0) is 43.5 Å². The maximum atomic E-state index is 13.4. The number of hydrogen-bond acceptors (Lipinski definition) is 2. The molecular formula is C24H26N2O2. The molecule has 1 heterocycles. The Kier molecular flexibility index (Phi) is 5.03. The van der Waals surface area contributed by atoms with Gasteiger partial charge in [0.25, 0.3) is 5.91 Å². The van der Waals surface area contributed by atoms with E-state index in [1.54, 1.807) is 4.90 Å². The van der Waals surface area contributed by atoms with Crippen LogP contribution >= 0.6 is 0 Å². The first-order valence-corrected chi connectivity index (χ1v) is 10.0. The fraction of sp³-hybridized carbons (Fsp3) is 0.333. The van der Waals surface area contributed by atoms with Gasteiger partial charge in [-0.3, -0.25) is 14.5 Å². The van der Waals surface area contributed by atoms with Gasteiger partial charge in [-0.1, -0.05) is 66.9 Å². The van der Waals surface area contributed by atoms with Gasteiger partial charge >= 0.3 is 0 Å². The van der Waals surface area contributed by atoms with Crippen molar-refractivity contribution in [2.75, 3.05) is 4.90 Å². The van der Waals surface area contributed by atoms with Crippen LogP contribution in [0.15, 0.2) is 60.7 Å². The molecule has 4 rings (SSSR count). The summed E-state index contributed by atoms with van der Waals surface area (Å²) >= 11 is 0. The highest BCUT2D eigenvalue weighted by Gasteiger charge is 2.55. The Morgan fingerprint density at radius 3 is 2.39 bits per heavy atom. The summed E-state index contributed by atoms with van der Waals surface area (Å²) in [4.78, 5) is 27.6. The van der Waals surface area contributed by atoms with Crippen LogP contribution in [0.4, 0.5) is 5.69 Å². The molecule has 1 atom stereocenters. The number of carbonyl (C=O) groups is 2. The number of nitrogens with one attached hydrogen (secondary N) is 1. The molecule has 1 aliphatic heterocycles. The lowest BCUT2D eigenvalue weighted by atomic mass is 9.80. The highest BCUT2D eigenvalue weighted by molar-refractivity contribution is 6.15. The lowest BCUT2D eigenvalue weighted by Crippen LogP contribution is -2.70. The Morgan fingerprint density at radius 2 is 1.75 bits per heavy atom. The molecule has 2 aromatic carbocycles. The quantitative estimate of drug-likeness (QED) is 0.796. The predicted octanol–water partition coefficient (Wildman–Crippen LogP) is 4.24. The van der Waals surface area contributed by atoms with Crippen molar-refractivity contribution in [3.05, 3.63) is 71.8 Å². The Labute approximate surface area is 166 Å². The average molecular weight is 374 g/mol. The van der Waals surface area contributed by atoms with Crippen molar-refractivity contribution in [1.29, 1.82) is 0 Å². The van der Waals surface area contributed by atoms with Crippen LogP contribution in [0.1, 0.15) is 43.2 Å². The fourth-order valence-electron chi connectivity index (χ4n) is 4.16. The predicted molar refractivity (Wildman–Crippen MR) is 112 cm³/mol. The van der Waals surface area contributed by atoms with Gasteiger partial charge in [0.1, 0.15) is 0 Å². The van der Waals surface area contributed by atoms with E-state index in [2.05, 4.69) is 5.32 Å². The van der Waals surface area contributed by atoms with Crippen LogP contribution in [-0.4, -0.2) is 23.4 Å². The highest BCUT2D eigenvalue weighted by atomic mass is 16.2. The molecule has 2 amide bonds. The van der Waals surface area contributed by atoms with Crippen LogP contribution < -0.4 is 10.2 Å². The molecule has 4 nitrogen and oxygen atoms in total. The molecule has 2 fully saturated rings. The topological polar surface area (TPSA) is 49.4 Å². The fourth-order valence-corrected chi connectivity index (χ4v) is 4.16. The second-order valence-electron chi connectivity index (χ2n) is 7.86. The van der Waals surface area contributed by atoms with Crippen LogP contribution in [0, 0.1) is 6.92 Å². The molecule has 2 aromatic rings. The summed E-state index contributed by atoms with van der Waals surface area (Å²) in [6, 6.07) is 17.9. The molecule has 28 heavy (non-hydrogen) atoms. The van der Waals surface area contributed by atoms with Crippen molar-refractivity contribution in [2.24, 2.45) is 0 Å². The van der Waals surface area contributed by atoms with Gasteiger partial charge < -0.3 is 5.32 Å². The number of hydrogen-bond donors (Lipinski definition) is 1. The average Bonchev–Trinajstić information content (AvgIpc) is 3.20. The van der Waals surface area contributed by atoms with Gasteiger partial charge in [0.05, 0.1) is 6.42 Å². The molecule has 0 spiro atoms. The summed E-state index contributed by atoms with van der Waals surface area (Å²) in [5.41, 5.74) is 1.93. The van der Waals surface area contributed by atoms with Crippen LogP contribution in [-0.2, 0) is 9.59 Å². The number of anilines is 1. The van der Waals surface area contributed by atoms with Crippen molar-refractivity contribution in [2.45, 2.75) is 50.6 Å². The van der Waals surface area contributed by atoms with Crippen molar-refractivity contribution in [3.63, 3.8) is 0 Å². The molecule has 0 radical (unpaired) electrons. The number of aryl methyl sites for hydroxylation is 1. The van der Waals surface area contributed by atoms with Gasteiger partial charge in [-0.25, -0.2) is 0 Å². The smallest absolute Gasteiger partial charge is 0.251 e. The maximum Gasteiger partial charge on any atom is 0.251 e. The number of nitrogens with zero attached hydrogens (tertiary/aromatic N) is 1. The van der Waals surface area contributed by atoms with E-state index in [4.69, 9.17) is 0 Å². The van der Waals surface area contributed by atoms with Gasteiger partial charge in [0.2, 0.25) is 5.91 Å². The lowest BCUT2D eigenvalue weighted by molar-refractivity contribution is -0.137. The first-order chi connectivity index (χ1) is 13.6. The summed E-state index contributed by atoms with van der Waals surface area (Å²) in [7, 11) is 0. The molecule has 1 unspecified atom stereocenters. The molecule has 1 saturated heterocycles. The minimum atomic E-state index is -0.967. The standard InChI is InChI=1S/C24H26N2O2/c1-18-11-13-21(14-12-18)26-22(27)17-24(26,16-15-19-7-3-2-4-8-19)23(28)25-20-9-5-6-10-20/h2-4,7-8,11-16,20H,5-6,9-10,17H2,1H3,(H,25,28). The van der Waals surface area contributed by atoms with Crippen LogP contribution in [0.5, 0.6) is 0 Å². The zero-order valence-electron chi connectivity index (χ0n) is 16.2. The van der Waals surface area contributed by atoms with E-state index in [-0.39, 0.29) is 24.3 Å². The Balaban J connectivity index is 1.68. The minimum absolute atomic E-state index is 0.0249. The van der Waals surface area contributed by atoms with Crippen molar-refractivity contribution in [3.8, 4) is 0 Å². The van der Waals surface area contributed by atoms with Crippen LogP contribution in [0.25, 0.3) is 6.08 Å². The van der Waals surface area contributed by atoms with E-state index >= 15 is 0 Å². The van der Waals surface area contributed by atoms with Gasteiger partial charge in [0.15, 0.2) is 5.54 Å². The molecule has 0 aromatic heterocycles. The maximum absolute atomic E-state index is 13.4. The van der Waals surface area contributed by atoms with Gasteiger partial charge in [-0.2, -0.15) is 0 Å². The molecule has 2 aliphatic rings. The third-order valence-corrected chi connectivity index (χ3v) is 5.80. The number of carbonyl (C=O) groups excluding carboxylic acids is 2. The monoisotopic (exact) mass is 374 g/mol. The van der Waals surface area contributed by atoms with E-state index < -0.39 is 5.54 Å². The Bertz CT molecular complexity index is 883. The summed E-state index contributed by atoms with van der Waals surface area (Å²) in [6.07, 6.45) is 8.38. The van der Waals surface area contributed by atoms with Crippen molar-refractivity contribution < 1.29 is 9.59 Å². The third-order valence-electron chi connectivity index (χ3n) is 5.80. The Morgan fingerprint density at radius 1 is 1.07 bits per heavy atom. The molecule has 4 heteroatoms. The van der Waals surface area contributed by atoms with Crippen LogP contribution in [0.2, 0.25) is 0 Å². The van der Waals surface area contributed by atoms with Crippen LogP contribution in [0.3, 0.4) is 0 Å². The number of rotatable bonds is 5. The van der Waals surface area contributed by atoms with E-state index in [0.29, 0.717) is 0 Å². The van der Waals surface area contributed by atoms with E-state index in [0.717, 1.165) is 42.5 Å². The first-order valence-electron chi connectivity index (χ1n) is 10.0. The summed E-state index contributed by atoms with van der Waals surface area (Å²) in [5, 5.41) is 3.21. The second-order valence-corrected chi connectivity index (χ2v) is 7.86. The van der Waals surface area contributed by atoms with Crippen molar-refractivity contribution >= 4 is 23.6 Å². The normalized spacial score (nSPS) is 22.5. The lowest BCUT2D eigenvalue weighted by Gasteiger charge is -2.49. The zero-order valence-corrected chi connectivity index (χ0v) is 16.2. The molecule has 1 N–H and O–H groups in total. The van der Waals surface area contributed by atoms with E-state index in [1.165, 1.54) is 0 Å². The number of β-lactam (4-membered cyclic amide) rings is 1. The summed E-state index contributed by atoms with van der Waals surface area (Å²) in [5.74, 6) is -0.102. The number of amides is 2. The van der Waals surface area contributed by atoms with Gasteiger partial charge in [-0.15, -0.1) is 0 Å². The highest BCUT2D eigenvalue weighted by Crippen LogP contribution is 2.39. The molecular weight excluding hydrogens is 348 g/mol. The molecule has 1 saturated carbocycles. The summed E-state index contributed by atoms with van der Waals surface area (Å²) in [6.45, 7) is 2.01. The number of benzene rings is 2. The second kappa shape index (κ2) is 7.63. The first kappa shape index (κ1) is 18.5. The minimum Gasteiger partial charge on any atom is -0.351 e. The SMILES string of the molecule is Cc1ccc(N2C(=O)CC2(C=Cc2ccccc2)C(=O)NC2CCCC2)cc1. The Hall–Kier alpha value is -2.88. The largest absolute Gasteiger partial charge is 0.351 e. The van der Waals surface area contributed by atoms with Crippen molar-refractivity contribution in [1.82, 2.24) is 5.32 Å². The zero-order chi connectivity index (χ0) is 19.6. The molecule has 0 bridgehead atoms. The van der Waals surface area contributed by atoms with E-state index in [1.807, 2.05) is 73.7 Å². The van der Waals surface area contributed by atoms with E-state index in [9.17, 15) is 9.59 Å². The molecule has 144 valence electrons. The van der Waals surface area contributed by atoms with Gasteiger partial charge in [0, 0.05) is 11.7 Å². The third kappa shape index (κ3) is 3.47. The summed E-state index contributed by atoms with van der Waals surface area (Å²) < 4.78 is 0.